The van der Waals surface area contributed by atoms with Crippen molar-refractivity contribution in [3.8, 4) is 11.4 Å². The second-order valence-electron chi connectivity index (χ2n) is 7.25. The first-order chi connectivity index (χ1) is 15.8. The molecule has 6 nitrogen and oxygen atoms in total. The molecule has 0 bridgehead atoms. The van der Waals surface area contributed by atoms with E-state index in [1.165, 1.54) is 40.2 Å². The van der Waals surface area contributed by atoms with E-state index in [9.17, 15) is 14.0 Å². The van der Waals surface area contributed by atoms with Crippen molar-refractivity contribution in [3.63, 3.8) is 0 Å². The molecule has 4 aromatic rings. The van der Waals surface area contributed by atoms with Crippen molar-refractivity contribution in [1.29, 1.82) is 0 Å². The number of carbonyl (C=O) groups is 1. The number of halogens is 1. The van der Waals surface area contributed by atoms with Gasteiger partial charge in [0.15, 0.2) is 14.8 Å². The Bertz CT molecular complexity index is 1470. The van der Waals surface area contributed by atoms with Crippen molar-refractivity contribution >= 4 is 51.6 Å². The fourth-order valence-electron chi connectivity index (χ4n) is 3.45. The molecule has 0 aliphatic rings. The average molecular weight is 502 g/mol. The summed E-state index contributed by atoms with van der Waals surface area (Å²) in [4.78, 5) is 30.3. The van der Waals surface area contributed by atoms with Gasteiger partial charge in [0.25, 0.3) is 5.56 Å². The van der Waals surface area contributed by atoms with Crippen molar-refractivity contribution in [2.75, 3.05) is 12.4 Å². The predicted molar refractivity (Wildman–Crippen MR) is 132 cm³/mol. The average Bonchev–Trinajstić information content (AvgIpc) is 3.10. The lowest BCUT2D eigenvalue weighted by molar-refractivity contribution is -0.139. The van der Waals surface area contributed by atoms with Crippen molar-refractivity contribution in [2.45, 2.75) is 25.9 Å². The first-order valence-electron chi connectivity index (χ1n) is 10.1. The van der Waals surface area contributed by atoms with Gasteiger partial charge in [0, 0.05) is 0 Å². The SMILES string of the molecule is CCOC(=O)CSc1nc2c(sc(=S)n2-c2ccc(C)cc2C)c(=O)n1-c1ccc(F)cc1. The summed E-state index contributed by atoms with van der Waals surface area (Å²) in [6, 6.07) is 11.5. The van der Waals surface area contributed by atoms with Crippen LogP contribution in [0.4, 0.5) is 4.39 Å². The Hall–Kier alpha value is -2.82. The van der Waals surface area contributed by atoms with Crippen LogP contribution in [0.3, 0.4) is 0 Å². The molecule has 0 amide bonds. The van der Waals surface area contributed by atoms with Crippen molar-refractivity contribution < 1.29 is 13.9 Å². The minimum absolute atomic E-state index is 0.0264. The normalized spacial score (nSPS) is 11.2. The van der Waals surface area contributed by atoms with Gasteiger partial charge in [0.1, 0.15) is 10.5 Å². The molecule has 10 heteroatoms. The summed E-state index contributed by atoms with van der Waals surface area (Å²) < 4.78 is 22.6. The highest BCUT2D eigenvalue weighted by Crippen LogP contribution is 2.29. The van der Waals surface area contributed by atoms with Crippen LogP contribution in [0.2, 0.25) is 0 Å². The third kappa shape index (κ3) is 4.64. The lowest BCUT2D eigenvalue weighted by Crippen LogP contribution is -2.22. The zero-order chi connectivity index (χ0) is 23.7. The number of hydrogen-bond acceptors (Lipinski definition) is 7. The van der Waals surface area contributed by atoms with Crippen LogP contribution in [0.1, 0.15) is 18.1 Å². The highest BCUT2D eigenvalue weighted by atomic mass is 32.2. The van der Waals surface area contributed by atoms with Crippen LogP contribution in [-0.4, -0.2) is 32.4 Å². The van der Waals surface area contributed by atoms with Crippen LogP contribution >= 0.6 is 35.3 Å². The number of carbonyl (C=O) groups excluding carboxylic acids is 1. The second kappa shape index (κ2) is 9.58. The zero-order valence-corrected chi connectivity index (χ0v) is 20.6. The van der Waals surface area contributed by atoms with E-state index in [1.54, 1.807) is 11.5 Å². The minimum Gasteiger partial charge on any atom is -0.465 e. The Balaban J connectivity index is 1.97. The number of benzene rings is 2. The monoisotopic (exact) mass is 501 g/mol. The zero-order valence-electron chi connectivity index (χ0n) is 18.1. The van der Waals surface area contributed by atoms with Gasteiger partial charge in [-0.15, -0.1) is 0 Å². The van der Waals surface area contributed by atoms with Gasteiger partial charge in [-0.25, -0.2) is 9.37 Å². The predicted octanol–water partition coefficient (Wildman–Crippen LogP) is 5.38. The van der Waals surface area contributed by atoms with Gasteiger partial charge in [0.05, 0.1) is 23.7 Å². The lowest BCUT2D eigenvalue weighted by Gasteiger charge is -2.13. The first-order valence-corrected chi connectivity index (χ1v) is 12.3. The fraction of sp³-hybridized carbons (Fsp3) is 0.217. The van der Waals surface area contributed by atoms with Crippen LogP contribution in [0.15, 0.2) is 52.4 Å². The molecular weight excluding hydrogens is 481 g/mol. The molecule has 0 radical (unpaired) electrons. The van der Waals surface area contributed by atoms with Gasteiger partial charge in [0.2, 0.25) is 0 Å². The van der Waals surface area contributed by atoms with E-state index < -0.39 is 11.8 Å². The maximum atomic E-state index is 13.6. The number of esters is 1. The van der Waals surface area contributed by atoms with E-state index in [-0.39, 0.29) is 17.9 Å². The Morgan fingerprint density at radius 1 is 1.18 bits per heavy atom. The molecule has 0 saturated carbocycles. The third-order valence-corrected chi connectivity index (χ3v) is 7.14. The molecule has 2 aromatic carbocycles. The van der Waals surface area contributed by atoms with Gasteiger partial charge in [-0.1, -0.05) is 40.8 Å². The molecule has 0 spiro atoms. The van der Waals surface area contributed by atoms with Crippen LogP contribution in [0, 0.1) is 23.6 Å². The molecular formula is C23H20FN3O3S3. The Labute approximate surface area is 202 Å². The summed E-state index contributed by atoms with van der Waals surface area (Å²) in [5.41, 5.74) is 3.48. The highest BCUT2D eigenvalue weighted by molar-refractivity contribution is 7.99. The van der Waals surface area contributed by atoms with Crippen molar-refractivity contribution in [3.05, 3.63) is 73.7 Å². The second-order valence-corrected chi connectivity index (χ2v) is 9.84. The van der Waals surface area contributed by atoms with Gasteiger partial charge in [-0.2, -0.15) is 0 Å². The minimum atomic E-state index is -0.418. The number of aryl methyl sites for hydroxylation is 2. The van der Waals surface area contributed by atoms with E-state index >= 15 is 0 Å². The number of aromatic nitrogens is 3. The van der Waals surface area contributed by atoms with Gasteiger partial charge >= 0.3 is 5.97 Å². The Kier molecular flexibility index (Phi) is 6.78. The number of fused-ring (bicyclic) bond motifs is 1. The lowest BCUT2D eigenvalue weighted by atomic mass is 10.1. The van der Waals surface area contributed by atoms with Crippen molar-refractivity contribution in [2.24, 2.45) is 0 Å². The molecule has 170 valence electrons. The van der Waals surface area contributed by atoms with E-state index in [2.05, 4.69) is 0 Å². The van der Waals surface area contributed by atoms with Gasteiger partial charge in [-0.3, -0.25) is 18.7 Å². The molecule has 33 heavy (non-hydrogen) atoms. The maximum absolute atomic E-state index is 13.6. The molecule has 2 aromatic heterocycles. The Morgan fingerprint density at radius 2 is 1.91 bits per heavy atom. The topological polar surface area (TPSA) is 66.1 Å². The quantitative estimate of drug-likeness (QED) is 0.153. The molecule has 0 saturated heterocycles. The highest BCUT2D eigenvalue weighted by Gasteiger charge is 2.20. The number of thiazole rings is 1. The summed E-state index contributed by atoms with van der Waals surface area (Å²) in [6.45, 7) is 5.97. The molecule has 0 atom stereocenters. The van der Waals surface area contributed by atoms with E-state index in [1.807, 2.05) is 32.0 Å². The number of hydrogen-bond donors (Lipinski definition) is 0. The van der Waals surface area contributed by atoms with Crippen LogP contribution in [0.5, 0.6) is 0 Å². The maximum Gasteiger partial charge on any atom is 0.316 e. The fourth-order valence-corrected chi connectivity index (χ4v) is 5.54. The molecule has 2 heterocycles. The van der Waals surface area contributed by atoms with E-state index in [0.29, 0.717) is 25.1 Å². The first kappa shape index (κ1) is 23.3. The number of nitrogens with zero attached hydrogens (tertiary/aromatic N) is 3. The van der Waals surface area contributed by atoms with Gasteiger partial charge < -0.3 is 4.74 Å². The number of ether oxygens (including phenoxy) is 1. The molecule has 0 aliphatic heterocycles. The molecule has 4 rings (SSSR count). The number of thioether (sulfide) groups is 1. The van der Waals surface area contributed by atoms with Crippen LogP contribution in [-0.2, 0) is 9.53 Å². The molecule has 0 unspecified atom stereocenters. The van der Waals surface area contributed by atoms with E-state index in [4.69, 9.17) is 21.9 Å². The molecule has 0 fully saturated rings. The number of rotatable bonds is 6. The summed E-state index contributed by atoms with van der Waals surface area (Å²) in [7, 11) is 0. The van der Waals surface area contributed by atoms with E-state index in [0.717, 1.165) is 28.6 Å². The van der Waals surface area contributed by atoms with Crippen LogP contribution < -0.4 is 5.56 Å². The third-order valence-electron chi connectivity index (χ3n) is 4.88. The van der Waals surface area contributed by atoms with Crippen LogP contribution in [0.25, 0.3) is 21.7 Å². The van der Waals surface area contributed by atoms with Gasteiger partial charge in [-0.05, 0) is 68.9 Å². The molecule has 0 aliphatic carbocycles. The van der Waals surface area contributed by atoms with Crippen molar-refractivity contribution in [1.82, 2.24) is 14.1 Å². The Morgan fingerprint density at radius 3 is 2.58 bits per heavy atom. The summed E-state index contributed by atoms with van der Waals surface area (Å²) in [5.74, 6) is -0.862. The summed E-state index contributed by atoms with van der Waals surface area (Å²) >= 11 is 7.87. The summed E-state index contributed by atoms with van der Waals surface area (Å²) in [5, 5.41) is 0.290. The summed E-state index contributed by atoms with van der Waals surface area (Å²) in [6.07, 6.45) is 0. The standard InChI is InChI=1S/C23H20FN3O3S3/c1-4-30-18(28)12-32-22-25-20-19(21(29)26(22)16-8-6-15(24)7-9-16)33-23(31)27(20)17-10-5-13(2)11-14(17)3/h5-11H,4,12H2,1-3H3. The smallest absolute Gasteiger partial charge is 0.316 e. The largest absolute Gasteiger partial charge is 0.465 e. The molecule has 0 N–H and O–H groups in total.